The quantitative estimate of drug-likeness (QED) is 0.446. The molecule has 0 saturated heterocycles. The Labute approximate surface area is 45.1 Å². The second-order valence-electron chi connectivity index (χ2n) is 0.519. The molecular weight excluding hydrogens is 104 g/mol. The van der Waals surface area contributed by atoms with E-state index in [9.17, 15) is 0 Å². The maximum atomic E-state index is 9.00. The zero-order valence-corrected chi connectivity index (χ0v) is 4.42. The zero-order chi connectivity index (χ0) is 3.58. The Kier molecular flexibility index (Phi) is 7.49. The normalized spacial score (nSPS) is 5.00. The average molecular weight is 108 g/mol. The van der Waals surface area contributed by atoms with Gasteiger partial charge in [-0.3, -0.25) is 4.79 Å². The molecule has 0 aliphatic carbocycles. The molecule has 0 heterocycles. The maximum absolute atomic E-state index is 9.00. The Morgan fingerprint density at radius 3 is 1.80 bits per heavy atom. The van der Waals surface area contributed by atoms with E-state index >= 15 is 0 Å². The van der Waals surface area contributed by atoms with E-state index in [1.807, 2.05) is 0 Å². The zero-order valence-electron chi connectivity index (χ0n) is 2.86. The second kappa shape index (κ2) is 4.18. The van der Waals surface area contributed by atoms with Gasteiger partial charge in [0.2, 0.25) is 0 Å². The summed E-state index contributed by atoms with van der Waals surface area (Å²) in [5.74, 6) is -0.833. The van der Waals surface area contributed by atoms with Crippen LogP contribution in [-0.4, -0.2) is 11.1 Å². The van der Waals surface area contributed by atoms with Crippen LogP contribution in [0.1, 0.15) is 6.92 Å². The Hall–Kier alpha value is 0.184. The van der Waals surface area contributed by atoms with Crippen molar-refractivity contribution < 1.29 is 31.6 Å². The van der Waals surface area contributed by atoms with Crippen LogP contribution < -0.4 is 0 Å². The molecule has 0 unspecified atom stereocenters. The van der Waals surface area contributed by atoms with Crippen LogP contribution in [0.2, 0.25) is 0 Å². The van der Waals surface area contributed by atoms with E-state index in [0.29, 0.717) is 0 Å². The van der Waals surface area contributed by atoms with E-state index in [-0.39, 0.29) is 21.7 Å². The van der Waals surface area contributed by atoms with Gasteiger partial charge in [-0.15, -0.1) is 0 Å². The van der Waals surface area contributed by atoms with Crippen molar-refractivity contribution >= 4 is 5.97 Å². The molecule has 0 aliphatic heterocycles. The third kappa shape index (κ3) is 588. The summed E-state index contributed by atoms with van der Waals surface area (Å²) in [7, 11) is 0. The molecule has 28 valence electrons. The van der Waals surface area contributed by atoms with Gasteiger partial charge in [0, 0.05) is 28.6 Å². The Morgan fingerprint density at radius 2 is 1.80 bits per heavy atom. The minimum absolute atomic E-state index is 0. The van der Waals surface area contributed by atoms with Crippen LogP contribution in [0.15, 0.2) is 0 Å². The third-order valence-corrected chi connectivity index (χ3v) is 0. The molecule has 0 aromatic rings. The minimum atomic E-state index is -0.833. The smallest absolute Gasteiger partial charge is 0.300 e. The first-order chi connectivity index (χ1) is 1.73. The minimum Gasteiger partial charge on any atom is -0.481 e. The van der Waals surface area contributed by atoms with E-state index in [1.165, 1.54) is 0 Å². The molecular formula is C2H4O2Ti. The largest absolute Gasteiger partial charge is 0.481 e. The van der Waals surface area contributed by atoms with Gasteiger partial charge in [0.15, 0.2) is 0 Å². The molecule has 2 nitrogen and oxygen atoms in total. The first kappa shape index (κ1) is 8.95. The Balaban J connectivity index is 0. The van der Waals surface area contributed by atoms with E-state index in [0.717, 1.165) is 6.92 Å². The van der Waals surface area contributed by atoms with E-state index in [1.54, 1.807) is 0 Å². The van der Waals surface area contributed by atoms with Gasteiger partial charge in [-0.1, -0.05) is 0 Å². The number of aliphatic carboxylic acids is 1. The molecule has 0 rings (SSSR count). The molecule has 0 radical (unpaired) electrons. The predicted octanol–water partition coefficient (Wildman–Crippen LogP) is 0.0884. The number of hydrogen-bond acceptors (Lipinski definition) is 1. The monoisotopic (exact) mass is 108 g/mol. The van der Waals surface area contributed by atoms with Crippen molar-refractivity contribution in [2.45, 2.75) is 6.92 Å². The van der Waals surface area contributed by atoms with Crippen molar-refractivity contribution in [3.8, 4) is 0 Å². The number of rotatable bonds is 0. The van der Waals surface area contributed by atoms with Crippen LogP contribution in [0.4, 0.5) is 0 Å². The van der Waals surface area contributed by atoms with Crippen molar-refractivity contribution in [2.24, 2.45) is 0 Å². The summed E-state index contributed by atoms with van der Waals surface area (Å²) in [6, 6.07) is 0. The summed E-state index contributed by atoms with van der Waals surface area (Å²) in [6.07, 6.45) is 0. The first-order valence-electron chi connectivity index (χ1n) is 0.928. The molecule has 0 bridgehead atoms. The molecule has 0 spiro atoms. The summed E-state index contributed by atoms with van der Waals surface area (Å²) in [5.41, 5.74) is 0. The van der Waals surface area contributed by atoms with Gasteiger partial charge in [0.25, 0.3) is 5.97 Å². The summed E-state index contributed by atoms with van der Waals surface area (Å²) in [4.78, 5) is 9.00. The Bertz CT molecular complexity index is 30.6. The number of hydrogen-bond donors (Lipinski definition) is 1. The standard InChI is InChI=1S/C2H4O2.Ti/c1-2(3)4;/h1H3,(H,3,4);. The van der Waals surface area contributed by atoms with Crippen molar-refractivity contribution in [2.75, 3.05) is 0 Å². The Morgan fingerprint density at radius 1 is 1.80 bits per heavy atom. The number of carboxylic acids is 1. The molecule has 1 N–H and O–H groups in total. The molecule has 0 atom stereocenters. The van der Waals surface area contributed by atoms with Crippen LogP contribution in [-0.2, 0) is 26.5 Å². The molecule has 0 saturated carbocycles. The van der Waals surface area contributed by atoms with Crippen molar-refractivity contribution in [1.29, 1.82) is 0 Å². The van der Waals surface area contributed by atoms with Gasteiger partial charge in [-0.2, -0.15) is 0 Å². The van der Waals surface area contributed by atoms with Crippen molar-refractivity contribution in [3.05, 3.63) is 0 Å². The maximum Gasteiger partial charge on any atom is 0.300 e. The molecule has 0 aromatic heterocycles. The molecule has 0 aromatic carbocycles. The van der Waals surface area contributed by atoms with Crippen LogP contribution in [0.25, 0.3) is 0 Å². The van der Waals surface area contributed by atoms with E-state index < -0.39 is 5.97 Å². The van der Waals surface area contributed by atoms with Gasteiger partial charge in [-0.05, 0) is 0 Å². The number of carboxylic acid groups (broad SMARTS) is 1. The van der Waals surface area contributed by atoms with Gasteiger partial charge in [0.05, 0.1) is 0 Å². The van der Waals surface area contributed by atoms with Crippen molar-refractivity contribution in [1.82, 2.24) is 0 Å². The fourth-order valence-corrected chi connectivity index (χ4v) is 0. The average Bonchev–Trinajstić information content (AvgIpc) is 0.811. The van der Waals surface area contributed by atoms with Crippen LogP contribution in [0.5, 0.6) is 0 Å². The van der Waals surface area contributed by atoms with Gasteiger partial charge in [0.1, 0.15) is 0 Å². The van der Waals surface area contributed by atoms with Gasteiger partial charge in [-0.25, -0.2) is 0 Å². The SMILES string of the molecule is CC(=O)O.[Ti]. The summed E-state index contributed by atoms with van der Waals surface area (Å²) < 4.78 is 0. The fourth-order valence-electron chi connectivity index (χ4n) is 0. The van der Waals surface area contributed by atoms with Gasteiger partial charge < -0.3 is 5.11 Å². The molecule has 5 heavy (non-hydrogen) atoms. The third-order valence-electron chi connectivity index (χ3n) is 0. The van der Waals surface area contributed by atoms with Crippen LogP contribution in [0, 0.1) is 0 Å². The summed E-state index contributed by atoms with van der Waals surface area (Å²) >= 11 is 0. The van der Waals surface area contributed by atoms with Crippen molar-refractivity contribution in [3.63, 3.8) is 0 Å². The molecule has 0 amide bonds. The molecule has 3 heteroatoms. The summed E-state index contributed by atoms with van der Waals surface area (Å²) in [6.45, 7) is 1.08. The van der Waals surface area contributed by atoms with Crippen LogP contribution in [0.3, 0.4) is 0 Å². The number of carbonyl (C=O) groups is 1. The van der Waals surface area contributed by atoms with E-state index in [2.05, 4.69) is 0 Å². The first-order valence-corrected chi connectivity index (χ1v) is 0.928. The topological polar surface area (TPSA) is 37.3 Å². The molecule has 0 fully saturated rings. The van der Waals surface area contributed by atoms with Crippen LogP contribution >= 0.6 is 0 Å². The second-order valence-corrected chi connectivity index (χ2v) is 0.519. The van der Waals surface area contributed by atoms with E-state index in [4.69, 9.17) is 9.90 Å². The predicted molar refractivity (Wildman–Crippen MR) is 13.3 cm³/mol. The molecule has 0 aliphatic rings. The fraction of sp³-hybridized carbons (Fsp3) is 0.500. The summed E-state index contributed by atoms with van der Waals surface area (Å²) in [5, 5.41) is 7.42. The van der Waals surface area contributed by atoms with Gasteiger partial charge >= 0.3 is 0 Å².